The van der Waals surface area contributed by atoms with Gasteiger partial charge in [-0.15, -0.1) is 10.2 Å². The van der Waals surface area contributed by atoms with Crippen LogP contribution in [0.4, 0.5) is 15.9 Å². The number of ether oxygens (including phenoxy) is 1. The van der Waals surface area contributed by atoms with Gasteiger partial charge in [0.1, 0.15) is 30.0 Å². The molecule has 3 aromatic heterocycles. The molecule has 5 rings (SSSR count). The maximum atomic E-state index is 13.9. The van der Waals surface area contributed by atoms with Crippen LogP contribution in [0, 0.1) is 12.7 Å². The third-order valence-corrected chi connectivity index (χ3v) is 4.65. The van der Waals surface area contributed by atoms with Crippen LogP contribution in [0.1, 0.15) is 5.56 Å². The number of nitrogen functional groups attached to an aromatic ring is 2. The Hall–Kier alpha value is -4.34. The summed E-state index contributed by atoms with van der Waals surface area (Å²) in [6.45, 7) is 1.89. The quantitative estimate of drug-likeness (QED) is 0.440. The second-order valence-corrected chi connectivity index (χ2v) is 6.73. The lowest BCUT2D eigenvalue weighted by Crippen LogP contribution is -2.00. The van der Waals surface area contributed by atoms with E-state index in [1.54, 1.807) is 35.3 Å². The maximum Gasteiger partial charge on any atom is 0.224 e. The predicted molar refractivity (Wildman–Crippen MR) is 109 cm³/mol. The number of hydrogen-bond donors (Lipinski definition) is 2. The summed E-state index contributed by atoms with van der Waals surface area (Å²) in [5, 5.41) is 8.29. The predicted octanol–water partition coefficient (Wildman–Crippen LogP) is 3.14. The van der Waals surface area contributed by atoms with Gasteiger partial charge in [-0.25, -0.2) is 19.3 Å². The molecule has 0 aliphatic rings. The molecule has 0 bridgehead atoms. The van der Waals surface area contributed by atoms with Gasteiger partial charge >= 0.3 is 0 Å². The molecule has 0 aliphatic carbocycles. The van der Waals surface area contributed by atoms with Crippen molar-refractivity contribution in [1.29, 1.82) is 0 Å². The molecule has 0 unspecified atom stereocenters. The van der Waals surface area contributed by atoms with Crippen molar-refractivity contribution in [3.8, 4) is 23.0 Å². The van der Waals surface area contributed by atoms with Crippen LogP contribution in [0.3, 0.4) is 0 Å². The Morgan fingerprint density at radius 2 is 1.90 bits per heavy atom. The van der Waals surface area contributed by atoms with E-state index in [1.807, 2.05) is 13.0 Å². The highest BCUT2D eigenvalue weighted by atomic mass is 19.1. The number of rotatable bonds is 3. The van der Waals surface area contributed by atoms with E-state index in [9.17, 15) is 4.39 Å². The Labute approximate surface area is 169 Å². The molecule has 5 aromatic rings. The first-order valence-electron chi connectivity index (χ1n) is 8.94. The lowest BCUT2D eigenvalue weighted by molar-refractivity contribution is 0.458. The molecular weight excluding hydrogens is 387 g/mol. The molecule has 0 spiro atoms. The van der Waals surface area contributed by atoms with E-state index in [0.29, 0.717) is 39.6 Å². The molecule has 2 aromatic carbocycles. The van der Waals surface area contributed by atoms with Crippen molar-refractivity contribution >= 4 is 28.1 Å². The van der Waals surface area contributed by atoms with Crippen LogP contribution in [-0.4, -0.2) is 29.5 Å². The number of hydrogen-bond acceptors (Lipinski definition) is 8. The van der Waals surface area contributed by atoms with E-state index < -0.39 is 5.82 Å². The van der Waals surface area contributed by atoms with E-state index in [1.165, 1.54) is 12.1 Å². The molecule has 30 heavy (non-hydrogen) atoms. The van der Waals surface area contributed by atoms with Crippen molar-refractivity contribution in [3.63, 3.8) is 0 Å². The minimum absolute atomic E-state index is 0.000762. The zero-order valence-corrected chi connectivity index (χ0v) is 15.7. The average Bonchev–Trinajstić information content (AvgIpc) is 3.19. The lowest BCUT2D eigenvalue weighted by Gasteiger charge is -2.11. The van der Waals surface area contributed by atoms with Gasteiger partial charge in [0.05, 0.1) is 11.2 Å². The third-order valence-electron chi connectivity index (χ3n) is 4.65. The fourth-order valence-corrected chi connectivity index (χ4v) is 3.10. The van der Waals surface area contributed by atoms with Crippen LogP contribution in [0.25, 0.3) is 27.9 Å². The fourth-order valence-electron chi connectivity index (χ4n) is 3.10. The Bertz CT molecular complexity index is 1430. The number of benzene rings is 2. The molecule has 0 saturated carbocycles. The summed E-state index contributed by atoms with van der Waals surface area (Å²) in [5.41, 5.74) is 14.2. The van der Waals surface area contributed by atoms with Gasteiger partial charge in [0, 0.05) is 23.1 Å². The van der Waals surface area contributed by atoms with Gasteiger partial charge in [0.15, 0.2) is 11.5 Å². The van der Waals surface area contributed by atoms with Gasteiger partial charge < -0.3 is 16.2 Å². The van der Waals surface area contributed by atoms with Gasteiger partial charge in [-0.2, -0.15) is 0 Å². The zero-order valence-electron chi connectivity index (χ0n) is 15.7. The molecule has 10 heteroatoms. The van der Waals surface area contributed by atoms with Crippen LogP contribution in [0.15, 0.2) is 49.1 Å². The first-order valence-corrected chi connectivity index (χ1v) is 8.94. The van der Waals surface area contributed by atoms with Crippen LogP contribution in [0.5, 0.6) is 11.6 Å². The smallest absolute Gasteiger partial charge is 0.224 e. The van der Waals surface area contributed by atoms with Crippen molar-refractivity contribution in [2.75, 3.05) is 11.5 Å². The molecule has 0 fully saturated rings. The number of nitrogens with zero attached hydrogens (tertiary/aromatic N) is 6. The first-order chi connectivity index (χ1) is 14.5. The summed E-state index contributed by atoms with van der Waals surface area (Å²) < 4.78 is 21.4. The van der Waals surface area contributed by atoms with Crippen LogP contribution in [0.2, 0.25) is 0 Å². The third kappa shape index (κ3) is 3.00. The molecule has 0 aliphatic heterocycles. The van der Waals surface area contributed by atoms with Crippen molar-refractivity contribution in [1.82, 2.24) is 29.5 Å². The van der Waals surface area contributed by atoms with Gasteiger partial charge in [-0.05, 0) is 36.8 Å². The highest BCUT2D eigenvalue weighted by Gasteiger charge is 2.12. The molecule has 4 N–H and O–H groups in total. The zero-order chi connectivity index (χ0) is 20.8. The molecule has 0 amide bonds. The Balaban J connectivity index is 1.50. The summed E-state index contributed by atoms with van der Waals surface area (Å²) >= 11 is 0. The van der Waals surface area contributed by atoms with Crippen molar-refractivity contribution < 1.29 is 9.13 Å². The van der Waals surface area contributed by atoms with Gasteiger partial charge in [-0.3, -0.25) is 4.40 Å². The summed E-state index contributed by atoms with van der Waals surface area (Å²) in [4.78, 5) is 13.0. The Morgan fingerprint density at radius 1 is 1.03 bits per heavy atom. The summed E-state index contributed by atoms with van der Waals surface area (Å²) in [6.07, 6.45) is 3.13. The molecule has 148 valence electrons. The molecule has 3 heterocycles. The number of halogens is 1. The second-order valence-electron chi connectivity index (χ2n) is 6.73. The largest absolute Gasteiger partial charge is 0.439 e. The highest BCUT2D eigenvalue weighted by molar-refractivity contribution is 5.92. The van der Waals surface area contributed by atoms with Gasteiger partial charge in [0.2, 0.25) is 5.88 Å². The second kappa shape index (κ2) is 6.62. The Kier molecular flexibility index (Phi) is 3.91. The number of anilines is 2. The SMILES string of the molecule is Cc1cc(-c2nc(N)c3cc(N)c(F)cc3n2)ccc1Oc1cc2nncn2cn1. The number of nitrogens with two attached hydrogens (primary N) is 2. The van der Waals surface area contributed by atoms with E-state index in [2.05, 4.69) is 25.1 Å². The summed E-state index contributed by atoms with van der Waals surface area (Å²) in [5.74, 6) is 1.06. The lowest BCUT2D eigenvalue weighted by atomic mass is 10.1. The number of fused-ring (bicyclic) bond motifs is 2. The number of aryl methyl sites for hydroxylation is 1. The van der Waals surface area contributed by atoms with Crippen molar-refractivity contribution in [2.45, 2.75) is 6.92 Å². The van der Waals surface area contributed by atoms with E-state index in [0.717, 1.165) is 5.56 Å². The standard InChI is InChI=1S/C20H15FN8O/c1-10-4-11(20-26-15-6-13(21)14(22)5-12(15)19(23)27-20)2-3-16(10)30-18-7-17-28-25-9-29(17)8-24-18/h2-9H,22H2,1H3,(H2,23,26,27). The first kappa shape index (κ1) is 17.7. The normalized spacial score (nSPS) is 11.3. The summed E-state index contributed by atoms with van der Waals surface area (Å²) in [6, 6.07) is 9.82. The van der Waals surface area contributed by atoms with Crippen LogP contribution in [-0.2, 0) is 0 Å². The van der Waals surface area contributed by atoms with Crippen molar-refractivity contribution in [2.24, 2.45) is 0 Å². The topological polar surface area (TPSA) is 130 Å². The molecule has 0 atom stereocenters. The van der Waals surface area contributed by atoms with E-state index >= 15 is 0 Å². The van der Waals surface area contributed by atoms with Crippen LogP contribution >= 0.6 is 0 Å². The minimum Gasteiger partial charge on any atom is -0.439 e. The minimum atomic E-state index is -0.552. The average molecular weight is 402 g/mol. The maximum absolute atomic E-state index is 13.9. The van der Waals surface area contributed by atoms with E-state index in [-0.39, 0.29) is 11.5 Å². The molecular formula is C20H15FN8O. The van der Waals surface area contributed by atoms with E-state index in [4.69, 9.17) is 16.2 Å². The molecule has 0 radical (unpaired) electrons. The van der Waals surface area contributed by atoms with Crippen LogP contribution < -0.4 is 16.2 Å². The fraction of sp³-hybridized carbons (Fsp3) is 0.0500. The van der Waals surface area contributed by atoms with Gasteiger partial charge in [-0.1, -0.05) is 0 Å². The highest BCUT2D eigenvalue weighted by Crippen LogP contribution is 2.30. The Morgan fingerprint density at radius 3 is 2.73 bits per heavy atom. The van der Waals surface area contributed by atoms with Gasteiger partial charge in [0.25, 0.3) is 0 Å². The molecule has 9 nitrogen and oxygen atoms in total. The molecule has 0 saturated heterocycles. The number of aromatic nitrogens is 6. The van der Waals surface area contributed by atoms with Crippen molar-refractivity contribution in [3.05, 3.63) is 60.4 Å². The monoisotopic (exact) mass is 402 g/mol. The summed E-state index contributed by atoms with van der Waals surface area (Å²) in [7, 11) is 0.